The lowest BCUT2D eigenvalue weighted by Gasteiger charge is -2.31. The number of hydrogen-bond acceptors (Lipinski definition) is 4. The first-order valence-electron chi connectivity index (χ1n) is 6.44. The number of nitrogens with one attached hydrogen (secondary N) is 1. The first-order chi connectivity index (χ1) is 8.56. The third-order valence-electron chi connectivity index (χ3n) is 3.16. The molecule has 1 aliphatic heterocycles. The molecule has 5 heteroatoms. The van der Waals surface area contributed by atoms with Crippen LogP contribution in [0.2, 0.25) is 0 Å². The van der Waals surface area contributed by atoms with Crippen molar-refractivity contribution in [2.45, 2.75) is 26.3 Å². The van der Waals surface area contributed by atoms with E-state index < -0.39 is 0 Å². The molecule has 0 radical (unpaired) electrons. The first kappa shape index (κ1) is 14.0. The maximum atomic E-state index is 5.29. The van der Waals surface area contributed by atoms with Crippen LogP contribution in [-0.2, 0) is 6.42 Å². The Bertz CT molecular complexity index is 456. The van der Waals surface area contributed by atoms with Crippen LogP contribution < -0.4 is 0 Å². The molecule has 1 aliphatic rings. The zero-order valence-corrected chi connectivity index (χ0v) is 12.9. The van der Waals surface area contributed by atoms with Gasteiger partial charge in [0.2, 0.25) is 0 Å². The van der Waals surface area contributed by atoms with Crippen molar-refractivity contribution in [3.63, 3.8) is 0 Å². The molecule has 1 aromatic heterocycles. The fraction of sp³-hybridized carbons (Fsp3) is 0.692. The van der Waals surface area contributed by atoms with E-state index in [1.54, 1.807) is 0 Å². The van der Waals surface area contributed by atoms with Crippen molar-refractivity contribution in [3.8, 4) is 0 Å². The molecule has 1 saturated heterocycles. The molecule has 2 rings (SSSR count). The van der Waals surface area contributed by atoms with E-state index >= 15 is 0 Å². The maximum absolute atomic E-state index is 5.29. The van der Waals surface area contributed by atoms with E-state index in [1.165, 1.54) is 11.4 Å². The minimum atomic E-state index is 0.373. The summed E-state index contributed by atoms with van der Waals surface area (Å²) in [7, 11) is 2.16. The summed E-state index contributed by atoms with van der Waals surface area (Å²) >= 11 is 7.28. The molecule has 2 heterocycles. The molecule has 0 spiro atoms. The van der Waals surface area contributed by atoms with Gasteiger partial charge in [0.15, 0.2) is 0 Å². The fourth-order valence-electron chi connectivity index (χ4n) is 2.21. The smallest absolute Gasteiger partial charge is 0.130 e. The van der Waals surface area contributed by atoms with E-state index in [9.17, 15) is 0 Å². The van der Waals surface area contributed by atoms with Gasteiger partial charge in [0.05, 0.1) is 6.04 Å². The predicted molar refractivity (Wildman–Crippen MR) is 80.7 cm³/mol. The molecular weight excluding hydrogens is 262 g/mol. The van der Waals surface area contributed by atoms with Gasteiger partial charge in [0, 0.05) is 23.7 Å². The number of aromatic nitrogens is 2. The normalized spacial score (nSPS) is 21.4. The van der Waals surface area contributed by atoms with Crippen molar-refractivity contribution in [1.82, 2.24) is 14.9 Å². The third kappa shape index (κ3) is 3.56. The van der Waals surface area contributed by atoms with E-state index in [0.29, 0.717) is 16.6 Å². The van der Waals surface area contributed by atoms with Crippen molar-refractivity contribution in [2.75, 3.05) is 25.1 Å². The highest BCUT2D eigenvalue weighted by molar-refractivity contribution is 7.99. The quantitative estimate of drug-likeness (QED) is 0.864. The Morgan fingerprint density at radius 1 is 1.61 bits per heavy atom. The van der Waals surface area contributed by atoms with Crippen LogP contribution in [-0.4, -0.2) is 40.0 Å². The van der Waals surface area contributed by atoms with Gasteiger partial charge < -0.3 is 4.98 Å². The standard InChI is InChI=1S/C13H21N3S2/c1-9(2)6-10-7-12(17)15-13(14-10)11-8-18-5-4-16(11)3/h7,9,11H,4-6,8H2,1-3H3,(H,14,15,17). The average molecular weight is 283 g/mol. The number of H-pyrrole nitrogens is 1. The third-order valence-corrected chi connectivity index (χ3v) is 4.39. The Morgan fingerprint density at radius 3 is 3.06 bits per heavy atom. The lowest BCUT2D eigenvalue weighted by molar-refractivity contribution is 0.264. The van der Waals surface area contributed by atoms with Crippen LogP contribution >= 0.6 is 24.0 Å². The van der Waals surface area contributed by atoms with Crippen molar-refractivity contribution in [1.29, 1.82) is 0 Å². The molecule has 1 fully saturated rings. The molecule has 0 aromatic carbocycles. The molecule has 1 aromatic rings. The summed E-state index contributed by atoms with van der Waals surface area (Å²) in [5, 5.41) is 0. The highest BCUT2D eigenvalue weighted by atomic mass is 32.2. The molecule has 0 saturated carbocycles. The summed E-state index contributed by atoms with van der Waals surface area (Å²) in [5.74, 6) is 3.97. The Morgan fingerprint density at radius 2 is 2.39 bits per heavy atom. The molecule has 100 valence electrons. The molecule has 1 unspecified atom stereocenters. The summed E-state index contributed by atoms with van der Waals surface area (Å²) in [5.41, 5.74) is 1.21. The molecule has 0 aliphatic carbocycles. The maximum Gasteiger partial charge on any atom is 0.130 e. The predicted octanol–water partition coefficient (Wildman–Crippen LogP) is 3.06. The van der Waals surface area contributed by atoms with E-state index in [-0.39, 0.29) is 0 Å². The lowest BCUT2D eigenvalue weighted by atomic mass is 10.1. The van der Waals surface area contributed by atoms with Gasteiger partial charge >= 0.3 is 0 Å². The lowest BCUT2D eigenvalue weighted by Crippen LogP contribution is -2.34. The minimum Gasteiger partial charge on any atom is -0.346 e. The summed E-state index contributed by atoms with van der Waals surface area (Å²) in [4.78, 5) is 10.4. The van der Waals surface area contributed by atoms with Crippen LogP contribution in [0.1, 0.15) is 31.4 Å². The van der Waals surface area contributed by atoms with Gasteiger partial charge in [-0.3, -0.25) is 4.90 Å². The highest BCUT2D eigenvalue weighted by Gasteiger charge is 2.23. The number of hydrogen-bond donors (Lipinski definition) is 1. The van der Waals surface area contributed by atoms with E-state index in [4.69, 9.17) is 12.2 Å². The number of rotatable bonds is 3. The Balaban J connectivity index is 2.26. The second-order valence-corrected chi connectivity index (χ2v) is 6.87. The Labute approximate surface area is 118 Å². The average Bonchev–Trinajstić information content (AvgIpc) is 2.27. The van der Waals surface area contributed by atoms with Crippen LogP contribution in [0.15, 0.2) is 6.07 Å². The molecule has 3 nitrogen and oxygen atoms in total. The summed E-state index contributed by atoms with van der Waals surface area (Å²) < 4.78 is 0.711. The fourth-order valence-corrected chi connectivity index (χ4v) is 3.67. The molecule has 0 bridgehead atoms. The van der Waals surface area contributed by atoms with E-state index in [1.807, 2.05) is 17.8 Å². The van der Waals surface area contributed by atoms with Gasteiger partial charge in [0.25, 0.3) is 0 Å². The van der Waals surface area contributed by atoms with Gasteiger partial charge in [-0.25, -0.2) is 4.98 Å². The number of nitrogens with zero attached hydrogens (tertiary/aromatic N) is 2. The van der Waals surface area contributed by atoms with E-state index in [0.717, 1.165) is 24.5 Å². The van der Waals surface area contributed by atoms with Crippen molar-refractivity contribution in [3.05, 3.63) is 22.2 Å². The molecule has 1 atom stereocenters. The summed E-state index contributed by atoms with van der Waals surface area (Å²) in [6.45, 7) is 5.56. The van der Waals surface area contributed by atoms with Crippen LogP contribution in [0.3, 0.4) is 0 Å². The molecular formula is C13H21N3S2. The van der Waals surface area contributed by atoms with Crippen LogP contribution in [0.25, 0.3) is 0 Å². The van der Waals surface area contributed by atoms with Crippen LogP contribution in [0.5, 0.6) is 0 Å². The van der Waals surface area contributed by atoms with Gasteiger partial charge in [-0.05, 0) is 25.5 Å². The van der Waals surface area contributed by atoms with Gasteiger partial charge in [0.1, 0.15) is 10.5 Å². The van der Waals surface area contributed by atoms with Crippen LogP contribution in [0, 0.1) is 10.6 Å². The number of aromatic amines is 1. The number of thioether (sulfide) groups is 1. The SMILES string of the molecule is CC(C)Cc1cc(=S)nc(C2CSCCN2C)[nH]1. The molecule has 18 heavy (non-hydrogen) atoms. The Kier molecular flexibility index (Phi) is 4.81. The Hall–Kier alpha value is -0.390. The summed E-state index contributed by atoms with van der Waals surface area (Å²) in [6, 6.07) is 2.37. The second-order valence-electron chi connectivity index (χ2n) is 5.30. The first-order valence-corrected chi connectivity index (χ1v) is 8.00. The molecule has 0 amide bonds. The zero-order chi connectivity index (χ0) is 13.1. The summed E-state index contributed by atoms with van der Waals surface area (Å²) in [6.07, 6.45) is 1.03. The zero-order valence-electron chi connectivity index (χ0n) is 11.3. The van der Waals surface area contributed by atoms with Crippen LogP contribution in [0.4, 0.5) is 0 Å². The second kappa shape index (κ2) is 6.17. The van der Waals surface area contributed by atoms with Gasteiger partial charge in [-0.1, -0.05) is 26.1 Å². The van der Waals surface area contributed by atoms with Gasteiger partial charge in [-0.15, -0.1) is 0 Å². The van der Waals surface area contributed by atoms with Crippen molar-refractivity contribution >= 4 is 24.0 Å². The van der Waals surface area contributed by atoms with Crippen molar-refractivity contribution in [2.24, 2.45) is 5.92 Å². The minimum absolute atomic E-state index is 0.373. The highest BCUT2D eigenvalue weighted by Crippen LogP contribution is 2.26. The van der Waals surface area contributed by atoms with E-state index in [2.05, 4.69) is 35.8 Å². The molecule has 1 N–H and O–H groups in total. The van der Waals surface area contributed by atoms with Gasteiger partial charge in [-0.2, -0.15) is 11.8 Å². The monoisotopic (exact) mass is 283 g/mol. The van der Waals surface area contributed by atoms with Crippen molar-refractivity contribution < 1.29 is 0 Å². The largest absolute Gasteiger partial charge is 0.346 e. The topological polar surface area (TPSA) is 31.9 Å².